The summed E-state index contributed by atoms with van der Waals surface area (Å²) in [5.74, 6) is 0.418. The number of aromatic nitrogens is 2. The molecule has 0 bridgehead atoms. The van der Waals surface area contributed by atoms with Crippen LogP contribution >= 0.6 is 45.2 Å². The lowest BCUT2D eigenvalue weighted by Crippen LogP contribution is -1.83. The van der Waals surface area contributed by atoms with Crippen molar-refractivity contribution in [3.8, 4) is 10.7 Å². The van der Waals surface area contributed by atoms with Crippen LogP contribution in [-0.4, -0.2) is 17.8 Å². The smallest absolute Gasteiger partial charge is 0.206 e. The second-order valence-corrected chi connectivity index (χ2v) is 7.64. The van der Waals surface area contributed by atoms with E-state index >= 15 is 0 Å². The first-order valence-electron chi connectivity index (χ1n) is 3.51. The molecule has 2 aromatic rings. The Morgan fingerprint density at radius 2 is 2.07 bits per heavy atom. The zero-order chi connectivity index (χ0) is 11.1. The summed E-state index contributed by atoms with van der Waals surface area (Å²) in [7, 11) is 1.51. The van der Waals surface area contributed by atoms with Crippen molar-refractivity contribution in [3.05, 3.63) is 16.6 Å². The molecule has 0 aliphatic heterocycles. The lowest BCUT2D eigenvalue weighted by atomic mass is 10.4. The van der Waals surface area contributed by atoms with Crippen molar-refractivity contribution < 1.29 is 8.42 Å². The molecule has 0 radical (unpaired) electrons. The minimum Gasteiger partial charge on any atom is -0.206 e. The van der Waals surface area contributed by atoms with Crippen molar-refractivity contribution in [2.75, 3.05) is 0 Å². The Bertz CT molecular complexity index is 589. The van der Waals surface area contributed by atoms with Gasteiger partial charge in [-0.1, -0.05) is 0 Å². The van der Waals surface area contributed by atoms with Crippen molar-refractivity contribution in [1.82, 2.24) is 9.36 Å². The van der Waals surface area contributed by atoms with Crippen LogP contribution in [0, 0.1) is 0 Å². The number of hydrogen-bond donors (Lipinski definition) is 0. The summed E-state index contributed by atoms with van der Waals surface area (Å²) in [6, 6.07) is 3.01. The predicted octanol–water partition coefficient (Wildman–Crippen LogP) is 2.85. The molecule has 0 unspecified atom stereocenters. The third kappa shape index (κ3) is 2.48. The van der Waals surface area contributed by atoms with Crippen molar-refractivity contribution in [2.24, 2.45) is 0 Å². The molecule has 80 valence electrons. The van der Waals surface area contributed by atoms with Gasteiger partial charge in [-0.2, -0.15) is 4.37 Å². The molecule has 0 fully saturated rings. The van der Waals surface area contributed by atoms with Crippen LogP contribution in [0.1, 0.15) is 0 Å². The lowest BCUT2D eigenvalue weighted by molar-refractivity contribution is 0.611. The molecule has 0 saturated carbocycles. The molecular formula is C6H2Cl2N2O2S3. The van der Waals surface area contributed by atoms with E-state index in [9.17, 15) is 8.42 Å². The standard InChI is InChI=1S/C6H2Cl2N2O2S3/c7-6-9-5(10-14-6)3-1-2-4(13-3)15(8,11)12/h1-2H. The van der Waals surface area contributed by atoms with Crippen LogP contribution in [0.15, 0.2) is 16.3 Å². The number of nitrogens with zero attached hydrogens (tertiary/aromatic N) is 2. The first-order chi connectivity index (χ1) is 6.97. The van der Waals surface area contributed by atoms with Gasteiger partial charge in [0, 0.05) is 10.7 Å². The first kappa shape index (κ1) is 11.3. The van der Waals surface area contributed by atoms with Crippen molar-refractivity contribution in [1.29, 1.82) is 0 Å². The SMILES string of the molecule is O=S(=O)(Cl)c1ccc(-c2nsc(Cl)n2)s1. The van der Waals surface area contributed by atoms with E-state index in [0.717, 1.165) is 22.9 Å². The molecule has 4 nitrogen and oxygen atoms in total. The maximum Gasteiger partial charge on any atom is 0.270 e. The highest BCUT2D eigenvalue weighted by molar-refractivity contribution is 8.15. The lowest BCUT2D eigenvalue weighted by Gasteiger charge is -1.86. The van der Waals surface area contributed by atoms with Gasteiger partial charge < -0.3 is 0 Å². The van der Waals surface area contributed by atoms with Gasteiger partial charge in [0.1, 0.15) is 4.21 Å². The van der Waals surface area contributed by atoms with Crippen LogP contribution in [0.3, 0.4) is 0 Å². The van der Waals surface area contributed by atoms with Crippen LogP contribution in [0.25, 0.3) is 10.7 Å². The Labute approximate surface area is 103 Å². The summed E-state index contributed by atoms with van der Waals surface area (Å²) in [4.78, 5) is 4.54. The largest absolute Gasteiger partial charge is 0.270 e. The number of thiophene rings is 1. The molecule has 0 aromatic carbocycles. The molecule has 2 heterocycles. The van der Waals surface area contributed by atoms with Gasteiger partial charge >= 0.3 is 0 Å². The molecular weight excluding hydrogens is 299 g/mol. The molecule has 0 aliphatic carbocycles. The van der Waals surface area contributed by atoms with Gasteiger partial charge in [-0.05, 0) is 35.3 Å². The van der Waals surface area contributed by atoms with Crippen molar-refractivity contribution in [2.45, 2.75) is 4.21 Å². The summed E-state index contributed by atoms with van der Waals surface area (Å²) >= 11 is 7.67. The van der Waals surface area contributed by atoms with Gasteiger partial charge in [-0.15, -0.1) is 11.3 Å². The van der Waals surface area contributed by atoms with E-state index in [4.69, 9.17) is 22.3 Å². The average Bonchev–Trinajstić information content (AvgIpc) is 2.69. The highest BCUT2D eigenvalue weighted by atomic mass is 35.7. The summed E-state index contributed by atoms with van der Waals surface area (Å²) in [5, 5.41) is 0. The maximum atomic E-state index is 11.0. The predicted molar refractivity (Wildman–Crippen MR) is 61.3 cm³/mol. The summed E-state index contributed by atoms with van der Waals surface area (Å²) in [6.45, 7) is 0. The first-order valence-corrected chi connectivity index (χ1v) is 7.78. The van der Waals surface area contributed by atoms with Crippen molar-refractivity contribution >= 4 is 54.2 Å². The third-order valence-corrected chi connectivity index (χ3v) is 5.41. The molecule has 0 spiro atoms. The Morgan fingerprint density at radius 3 is 2.53 bits per heavy atom. The van der Waals surface area contributed by atoms with E-state index in [1.807, 2.05) is 0 Å². The molecule has 0 aliphatic rings. The molecule has 2 aromatic heterocycles. The van der Waals surface area contributed by atoms with Gasteiger partial charge in [0.05, 0.1) is 4.88 Å². The Balaban J connectivity index is 2.44. The van der Waals surface area contributed by atoms with Gasteiger partial charge in [0.2, 0.25) is 4.47 Å². The fraction of sp³-hybridized carbons (Fsp3) is 0. The zero-order valence-corrected chi connectivity index (χ0v) is 10.8. The second-order valence-electron chi connectivity index (χ2n) is 2.43. The van der Waals surface area contributed by atoms with Crippen LogP contribution in [0.5, 0.6) is 0 Å². The summed E-state index contributed by atoms with van der Waals surface area (Å²) in [6.07, 6.45) is 0. The monoisotopic (exact) mass is 300 g/mol. The van der Waals surface area contributed by atoms with Crippen molar-refractivity contribution in [3.63, 3.8) is 0 Å². The number of halogens is 2. The van der Waals surface area contributed by atoms with Crippen LogP contribution < -0.4 is 0 Å². The Kier molecular flexibility index (Phi) is 3.00. The molecule has 15 heavy (non-hydrogen) atoms. The van der Waals surface area contributed by atoms with Crippen LogP contribution in [0.4, 0.5) is 0 Å². The van der Waals surface area contributed by atoms with E-state index in [2.05, 4.69) is 9.36 Å². The highest BCUT2D eigenvalue weighted by Gasteiger charge is 2.15. The van der Waals surface area contributed by atoms with Crippen LogP contribution in [0.2, 0.25) is 4.47 Å². The highest BCUT2D eigenvalue weighted by Crippen LogP contribution is 2.31. The third-order valence-electron chi connectivity index (χ3n) is 1.44. The van der Waals surface area contributed by atoms with E-state index in [1.165, 1.54) is 6.07 Å². The fourth-order valence-corrected chi connectivity index (χ4v) is 3.55. The number of hydrogen-bond acceptors (Lipinski definition) is 6. The Morgan fingerprint density at radius 1 is 1.33 bits per heavy atom. The summed E-state index contributed by atoms with van der Waals surface area (Å²) < 4.78 is 26.3. The normalized spacial score (nSPS) is 11.9. The second kappa shape index (κ2) is 3.99. The van der Waals surface area contributed by atoms with Crippen LogP contribution in [-0.2, 0) is 9.05 Å². The number of rotatable bonds is 2. The molecule has 0 saturated heterocycles. The summed E-state index contributed by atoms with van der Waals surface area (Å²) in [5.41, 5.74) is 0. The quantitative estimate of drug-likeness (QED) is 0.800. The maximum absolute atomic E-state index is 11.0. The molecule has 9 heteroatoms. The molecule has 0 amide bonds. The molecule has 0 N–H and O–H groups in total. The van der Waals surface area contributed by atoms with Gasteiger partial charge in [0.15, 0.2) is 5.82 Å². The van der Waals surface area contributed by atoms with E-state index in [1.54, 1.807) is 6.07 Å². The van der Waals surface area contributed by atoms with E-state index in [-0.39, 0.29) is 4.21 Å². The minimum atomic E-state index is -3.68. The van der Waals surface area contributed by atoms with E-state index in [0.29, 0.717) is 15.2 Å². The fourth-order valence-electron chi connectivity index (χ4n) is 0.876. The molecule has 0 atom stereocenters. The van der Waals surface area contributed by atoms with Gasteiger partial charge in [0.25, 0.3) is 9.05 Å². The average molecular weight is 301 g/mol. The topological polar surface area (TPSA) is 59.9 Å². The van der Waals surface area contributed by atoms with Gasteiger partial charge in [-0.3, -0.25) is 0 Å². The minimum absolute atomic E-state index is 0.0742. The van der Waals surface area contributed by atoms with Gasteiger partial charge in [-0.25, -0.2) is 13.4 Å². The van der Waals surface area contributed by atoms with E-state index < -0.39 is 9.05 Å². The zero-order valence-electron chi connectivity index (χ0n) is 6.85. The molecule has 2 rings (SSSR count). The Hall–Kier alpha value is -0.210.